The van der Waals surface area contributed by atoms with Gasteiger partial charge in [-0.15, -0.1) is 0 Å². The number of esters is 1. The van der Waals surface area contributed by atoms with E-state index in [4.69, 9.17) is 31.5 Å². The van der Waals surface area contributed by atoms with Gasteiger partial charge in [-0.3, -0.25) is 5.41 Å². The third-order valence-electron chi connectivity index (χ3n) is 9.35. The highest BCUT2D eigenvalue weighted by atomic mass is 16.5. The van der Waals surface area contributed by atoms with Gasteiger partial charge in [0.1, 0.15) is 17.1 Å². The highest BCUT2D eigenvalue weighted by molar-refractivity contribution is 5.96. The number of aliphatic carboxylic acids is 1. The molecule has 0 spiro atoms. The van der Waals surface area contributed by atoms with Crippen LogP contribution in [0.2, 0.25) is 0 Å². The average Bonchev–Trinajstić information content (AvgIpc) is 2.97. The maximum Gasteiger partial charge on any atom is 0.339 e. The van der Waals surface area contributed by atoms with Gasteiger partial charge in [0.2, 0.25) is 5.96 Å². The molecule has 1 aromatic carbocycles. The van der Waals surface area contributed by atoms with E-state index >= 15 is 0 Å². The lowest BCUT2D eigenvalue weighted by molar-refractivity contribution is -0.133. The van der Waals surface area contributed by atoms with Crippen molar-refractivity contribution in [3.63, 3.8) is 0 Å². The molecule has 0 amide bonds. The Bertz CT molecular complexity index is 1300. The molecule has 0 aliphatic carbocycles. The third kappa shape index (κ3) is 14.7. The summed E-state index contributed by atoms with van der Waals surface area (Å²) in [5, 5.41) is 16.0. The Balaban J connectivity index is 0.00000112. The van der Waals surface area contributed by atoms with Gasteiger partial charge in [0.05, 0.1) is 0 Å². The van der Waals surface area contributed by atoms with Crippen LogP contribution < -0.4 is 20.9 Å². The second-order valence-electron chi connectivity index (χ2n) is 14.7. The first-order chi connectivity index (χ1) is 22.3. The molecule has 48 heavy (non-hydrogen) atoms. The zero-order valence-corrected chi connectivity index (χ0v) is 31.7. The van der Waals surface area contributed by atoms with Crippen LogP contribution >= 0.6 is 0 Å². The fraction of sp³-hybridized carbons (Fsp3) is 0.684. The summed E-state index contributed by atoms with van der Waals surface area (Å²) in [4.78, 5) is 28.4. The number of aliphatic imine (C=N–C) groups is 1. The van der Waals surface area contributed by atoms with Gasteiger partial charge in [0, 0.05) is 31.3 Å². The fourth-order valence-electron chi connectivity index (χ4n) is 6.05. The highest BCUT2D eigenvalue weighted by Gasteiger charge is 2.35. The van der Waals surface area contributed by atoms with Crippen molar-refractivity contribution >= 4 is 23.9 Å². The number of guanidine groups is 2. The molecule has 272 valence electrons. The van der Waals surface area contributed by atoms with Gasteiger partial charge in [-0.2, -0.15) is 4.99 Å². The van der Waals surface area contributed by atoms with Crippen molar-refractivity contribution in [1.29, 1.82) is 5.41 Å². The minimum absolute atomic E-state index is 0.0509. The summed E-state index contributed by atoms with van der Waals surface area (Å²) < 4.78 is 12.4. The van der Waals surface area contributed by atoms with Crippen LogP contribution in [0.4, 0.5) is 0 Å². The summed E-state index contributed by atoms with van der Waals surface area (Å²) in [6, 6.07) is 0. The van der Waals surface area contributed by atoms with Crippen LogP contribution in [0.25, 0.3) is 0 Å². The molecule has 0 saturated carbocycles. The molecule has 6 N–H and O–H groups in total. The number of nitrogens with zero attached hydrogens (tertiary/aromatic N) is 2. The number of ether oxygens (including phenoxy) is 2. The van der Waals surface area contributed by atoms with E-state index < -0.39 is 11.9 Å². The third-order valence-corrected chi connectivity index (χ3v) is 9.35. The Kier molecular flexibility index (Phi) is 17.8. The van der Waals surface area contributed by atoms with Gasteiger partial charge in [-0.25, -0.2) is 9.59 Å². The zero-order chi connectivity index (χ0) is 36.8. The van der Waals surface area contributed by atoms with Crippen LogP contribution in [-0.2, 0) is 16.0 Å². The Morgan fingerprint density at radius 1 is 0.979 bits per heavy atom. The minimum atomic E-state index is -1.16. The van der Waals surface area contributed by atoms with Crippen molar-refractivity contribution in [2.75, 3.05) is 14.1 Å². The summed E-state index contributed by atoms with van der Waals surface area (Å²) >= 11 is 0. The predicted molar refractivity (Wildman–Crippen MR) is 197 cm³/mol. The van der Waals surface area contributed by atoms with E-state index in [-0.39, 0.29) is 23.1 Å². The Morgan fingerprint density at radius 2 is 1.52 bits per heavy atom. The number of carboxylic acids is 1. The minimum Gasteiger partial charge on any atom is -0.487 e. The molecule has 10 heteroatoms. The molecular weight excluding hydrogens is 606 g/mol. The molecular formula is C38H65N5O5. The monoisotopic (exact) mass is 671 g/mol. The number of nitrogens with two attached hydrogens (primary N) is 2. The Morgan fingerprint density at radius 3 is 2.00 bits per heavy atom. The van der Waals surface area contributed by atoms with E-state index in [2.05, 4.69) is 39.6 Å². The van der Waals surface area contributed by atoms with Crippen LogP contribution in [0.15, 0.2) is 16.6 Å². The first-order valence-corrected chi connectivity index (χ1v) is 17.6. The molecule has 1 aliphatic heterocycles. The molecule has 0 bridgehead atoms. The van der Waals surface area contributed by atoms with Gasteiger partial charge in [0.15, 0.2) is 5.96 Å². The quantitative estimate of drug-likeness (QED) is 0.0482. The first kappa shape index (κ1) is 42.5. The largest absolute Gasteiger partial charge is 0.487 e. The van der Waals surface area contributed by atoms with Gasteiger partial charge in [-0.05, 0) is 94.7 Å². The average molecular weight is 672 g/mol. The van der Waals surface area contributed by atoms with E-state index in [1.165, 1.54) is 63.2 Å². The second kappa shape index (κ2) is 20.1. The Hall–Kier alpha value is -3.56. The Labute approximate surface area is 290 Å². The van der Waals surface area contributed by atoms with E-state index in [0.717, 1.165) is 71.1 Å². The number of hydrogen-bond donors (Lipinski definition) is 4. The van der Waals surface area contributed by atoms with Crippen LogP contribution in [0, 0.1) is 43.9 Å². The SMILES string of the molecule is C/C(=C/C(=O)O)C(=O)Oc1c(C)c(C)c2c(c1C)CCC(C)(CCCC(C)CCCC(C)CCCC(C)C)O2.CN(C)C(=N)N=C(N)N. The zero-order valence-electron chi connectivity index (χ0n) is 31.7. The number of carboxylic acid groups (broad SMARTS) is 1. The first-order valence-electron chi connectivity index (χ1n) is 17.6. The van der Waals surface area contributed by atoms with Crippen molar-refractivity contribution < 1.29 is 24.2 Å². The highest BCUT2D eigenvalue weighted by Crippen LogP contribution is 2.45. The van der Waals surface area contributed by atoms with Gasteiger partial charge in [-0.1, -0.05) is 72.6 Å². The number of nitrogens with one attached hydrogen (secondary N) is 1. The topological polar surface area (TPSA) is 164 Å². The lowest BCUT2D eigenvalue weighted by Crippen LogP contribution is -2.37. The summed E-state index contributed by atoms with van der Waals surface area (Å²) in [7, 11) is 3.38. The molecule has 1 heterocycles. The van der Waals surface area contributed by atoms with Crippen LogP contribution in [0.3, 0.4) is 0 Å². The lowest BCUT2D eigenvalue weighted by atomic mass is 9.83. The summed E-state index contributed by atoms with van der Waals surface area (Å²) in [5.41, 5.74) is 13.7. The van der Waals surface area contributed by atoms with Crippen LogP contribution in [-0.4, -0.2) is 53.6 Å². The molecule has 0 fully saturated rings. The number of hydrogen-bond acceptors (Lipinski definition) is 5. The van der Waals surface area contributed by atoms with E-state index in [0.29, 0.717) is 5.75 Å². The summed E-state index contributed by atoms with van der Waals surface area (Å²) in [5.74, 6) is 2.01. The number of rotatable bonds is 15. The molecule has 2 rings (SSSR count). The van der Waals surface area contributed by atoms with E-state index in [1.54, 1.807) is 14.1 Å². The van der Waals surface area contributed by atoms with Gasteiger partial charge >= 0.3 is 11.9 Å². The summed E-state index contributed by atoms with van der Waals surface area (Å²) in [6.45, 7) is 19.0. The molecule has 3 unspecified atom stereocenters. The standard InChI is InChI=1S/C34H54O5.C4H11N5/c1-22(2)13-10-14-23(3)15-11-16-24(4)17-12-19-34(9)20-18-29-28(8)31(26(6)27(7)32(29)39-34)38-33(37)25(5)21-30(35)36;1-9(2)4(7)8-3(5)6/h21-24H,10-20H2,1-9H3,(H,35,36);1-2H3,(H5,5,6,7,8)/b25-21-;. The molecule has 0 aromatic heterocycles. The van der Waals surface area contributed by atoms with Crippen molar-refractivity contribution in [3.8, 4) is 11.5 Å². The maximum atomic E-state index is 12.5. The fourth-order valence-corrected chi connectivity index (χ4v) is 6.05. The van der Waals surface area contributed by atoms with Crippen molar-refractivity contribution in [3.05, 3.63) is 33.9 Å². The van der Waals surface area contributed by atoms with Crippen molar-refractivity contribution in [1.82, 2.24) is 4.90 Å². The van der Waals surface area contributed by atoms with Crippen molar-refractivity contribution in [2.45, 2.75) is 139 Å². The summed E-state index contributed by atoms with van der Waals surface area (Å²) in [6.07, 6.45) is 14.2. The number of benzene rings is 1. The second-order valence-corrected chi connectivity index (χ2v) is 14.7. The molecule has 10 nitrogen and oxygen atoms in total. The maximum absolute atomic E-state index is 12.5. The van der Waals surface area contributed by atoms with E-state index in [1.807, 2.05) is 20.8 Å². The molecule has 0 saturated heterocycles. The van der Waals surface area contributed by atoms with Gasteiger partial charge < -0.3 is 30.9 Å². The van der Waals surface area contributed by atoms with Gasteiger partial charge in [0.25, 0.3) is 0 Å². The van der Waals surface area contributed by atoms with E-state index in [9.17, 15) is 9.59 Å². The molecule has 1 aliphatic rings. The lowest BCUT2D eigenvalue weighted by Gasteiger charge is -2.38. The molecule has 3 atom stereocenters. The smallest absolute Gasteiger partial charge is 0.339 e. The number of carbonyl (C=O) groups excluding carboxylic acids is 1. The number of fused-ring (bicyclic) bond motifs is 1. The molecule has 0 radical (unpaired) electrons. The van der Waals surface area contributed by atoms with Crippen LogP contribution in [0.5, 0.6) is 11.5 Å². The number of carbonyl (C=O) groups is 2. The van der Waals surface area contributed by atoms with Crippen molar-refractivity contribution in [2.24, 2.45) is 34.2 Å². The predicted octanol–water partition coefficient (Wildman–Crippen LogP) is 7.83. The molecule has 1 aromatic rings. The normalized spacial score (nSPS) is 16.9. The van der Waals surface area contributed by atoms with Crippen LogP contribution in [0.1, 0.15) is 128 Å².